The van der Waals surface area contributed by atoms with Gasteiger partial charge < -0.3 is 5.32 Å². The molecule has 0 saturated heterocycles. The first kappa shape index (κ1) is 17.3. The molecule has 0 radical (unpaired) electrons. The van der Waals surface area contributed by atoms with Crippen LogP contribution in [0, 0.1) is 0 Å². The van der Waals surface area contributed by atoms with Gasteiger partial charge in [0, 0.05) is 18.5 Å². The van der Waals surface area contributed by atoms with Gasteiger partial charge in [-0.15, -0.1) is 0 Å². The summed E-state index contributed by atoms with van der Waals surface area (Å²) in [7, 11) is 1.94. The number of rotatable bonds is 7. The third-order valence-electron chi connectivity index (χ3n) is 2.92. The van der Waals surface area contributed by atoms with E-state index < -0.39 is 0 Å². The summed E-state index contributed by atoms with van der Waals surface area (Å²) in [6, 6.07) is 0. The van der Waals surface area contributed by atoms with E-state index in [9.17, 15) is 0 Å². The van der Waals surface area contributed by atoms with E-state index in [4.69, 9.17) is 0 Å². The largest absolute Gasteiger partial charge is 0.316 e. The van der Waals surface area contributed by atoms with Crippen LogP contribution >= 0.6 is 0 Å². The molecule has 19 heavy (non-hydrogen) atoms. The summed E-state index contributed by atoms with van der Waals surface area (Å²) < 4.78 is 0. The second-order valence-corrected chi connectivity index (χ2v) is 4.36. The van der Waals surface area contributed by atoms with E-state index >= 15 is 0 Å². The van der Waals surface area contributed by atoms with E-state index in [1.165, 1.54) is 16.7 Å². The molecule has 0 bridgehead atoms. The maximum atomic E-state index is 4.29. The standard InChI is InChI=1S/C17H26N2/c1-8-11-17(15(6)19-10-3)14(5)16(9-2)13(4)12-18-7/h8-11,18H,2-3,12H2,1,4-7H3/b11-8-,16-13-,17-14+,19-15?. The molecule has 0 aromatic rings. The molecule has 0 rings (SSSR count). The van der Waals surface area contributed by atoms with Gasteiger partial charge >= 0.3 is 0 Å². The van der Waals surface area contributed by atoms with E-state index in [1.807, 2.05) is 33.0 Å². The van der Waals surface area contributed by atoms with E-state index in [-0.39, 0.29) is 0 Å². The average molecular weight is 258 g/mol. The second-order valence-electron chi connectivity index (χ2n) is 4.36. The van der Waals surface area contributed by atoms with Crippen molar-refractivity contribution in [3.05, 3.63) is 59.9 Å². The molecule has 0 fully saturated rings. The van der Waals surface area contributed by atoms with Crippen molar-refractivity contribution in [1.82, 2.24) is 5.32 Å². The minimum atomic E-state index is 0.847. The molecule has 0 heterocycles. The Hall–Kier alpha value is -1.67. The molecule has 0 spiro atoms. The molecule has 0 aliphatic rings. The first-order valence-electron chi connectivity index (χ1n) is 6.49. The topological polar surface area (TPSA) is 24.4 Å². The Kier molecular flexibility index (Phi) is 8.47. The third kappa shape index (κ3) is 5.23. The fourth-order valence-electron chi connectivity index (χ4n) is 2.04. The Morgan fingerprint density at radius 1 is 1.16 bits per heavy atom. The van der Waals surface area contributed by atoms with Gasteiger partial charge in [0.15, 0.2) is 0 Å². The number of allylic oxidation sites excluding steroid dienone is 6. The van der Waals surface area contributed by atoms with Crippen molar-refractivity contribution < 1.29 is 0 Å². The number of hydrogen-bond donors (Lipinski definition) is 1. The molecular weight excluding hydrogens is 232 g/mol. The van der Waals surface area contributed by atoms with Gasteiger partial charge in [0.2, 0.25) is 0 Å². The number of likely N-dealkylation sites (N-methyl/N-ethyl adjacent to an activating group) is 1. The SMILES string of the molecule is C=CN=C(C)C(/C=C\C)=C(C)/C(C=C)=C(/C)CNC. The maximum Gasteiger partial charge on any atom is 0.0447 e. The van der Waals surface area contributed by atoms with E-state index in [0.717, 1.165) is 17.8 Å². The fourth-order valence-corrected chi connectivity index (χ4v) is 2.04. The van der Waals surface area contributed by atoms with Crippen LogP contribution in [0.2, 0.25) is 0 Å². The van der Waals surface area contributed by atoms with E-state index in [0.29, 0.717) is 0 Å². The van der Waals surface area contributed by atoms with Crippen LogP contribution < -0.4 is 5.32 Å². The summed E-state index contributed by atoms with van der Waals surface area (Å²) in [4.78, 5) is 4.29. The lowest BCUT2D eigenvalue weighted by atomic mass is 9.94. The lowest BCUT2D eigenvalue weighted by Gasteiger charge is -2.13. The van der Waals surface area contributed by atoms with Crippen LogP contribution in [0.15, 0.2) is 64.9 Å². The van der Waals surface area contributed by atoms with Crippen molar-refractivity contribution in [2.75, 3.05) is 13.6 Å². The zero-order valence-corrected chi connectivity index (χ0v) is 12.9. The van der Waals surface area contributed by atoms with Gasteiger partial charge in [-0.1, -0.05) is 37.0 Å². The molecule has 0 amide bonds. The molecule has 0 atom stereocenters. The number of hydrogen-bond acceptors (Lipinski definition) is 2. The monoisotopic (exact) mass is 258 g/mol. The van der Waals surface area contributed by atoms with E-state index in [1.54, 1.807) is 6.20 Å². The van der Waals surface area contributed by atoms with Gasteiger partial charge in [-0.25, -0.2) is 0 Å². The summed E-state index contributed by atoms with van der Waals surface area (Å²) >= 11 is 0. The summed E-state index contributed by atoms with van der Waals surface area (Å²) in [5, 5.41) is 3.17. The van der Waals surface area contributed by atoms with Crippen LogP contribution in [0.3, 0.4) is 0 Å². The highest BCUT2D eigenvalue weighted by atomic mass is 14.8. The summed E-state index contributed by atoms with van der Waals surface area (Å²) in [6.45, 7) is 16.7. The quantitative estimate of drug-likeness (QED) is 0.537. The lowest BCUT2D eigenvalue weighted by Crippen LogP contribution is -2.11. The highest BCUT2D eigenvalue weighted by molar-refractivity contribution is 6.02. The van der Waals surface area contributed by atoms with Gasteiger partial charge in [-0.3, -0.25) is 4.99 Å². The Bertz CT molecular complexity index is 446. The molecular formula is C17H26N2. The third-order valence-corrected chi connectivity index (χ3v) is 2.92. The number of aliphatic imine (C=N–C) groups is 1. The molecule has 0 aliphatic heterocycles. The Balaban J connectivity index is 5.94. The van der Waals surface area contributed by atoms with Crippen LogP contribution in [0.25, 0.3) is 0 Å². The van der Waals surface area contributed by atoms with Gasteiger partial charge in [0.05, 0.1) is 0 Å². The second kappa shape index (κ2) is 9.29. The van der Waals surface area contributed by atoms with Gasteiger partial charge in [0.25, 0.3) is 0 Å². The normalized spacial score (nSPS) is 15.1. The van der Waals surface area contributed by atoms with Crippen molar-refractivity contribution in [3.63, 3.8) is 0 Å². The Morgan fingerprint density at radius 2 is 1.79 bits per heavy atom. The first-order chi connectivity index (χ1) is 9.03. The summed E-state index contributed by atoms with van der Waals surface area (Å²) in [5.41, 5.74) is 5.70. The predicted octanol–water partition coefficient (Wildman–Crippen LogP) is 4.21. The van der Waals surface area contributed by atoms with Crippen LogP contribution in [-0.2, 0) is 0 Å². The van der Waals surface area contributed by atoms with Crippen LogP contribution in [0.1, 0.15) is 27.7 Å². The molecule has 0 saturated carbocycles. The molecule has 0 aromatic carbocycles. The highest BCUT2D eigenvalue weighted by Gasteiger charge is 2.08. The fraction of sp³-hybridized carbons (Fsp3) is 0.353. The summed E-state index contributed by atoms with van der Waals surface area (Å²) in [5.74, 6) is 0. The highest BCUT2D eigenvalue weighted by Crippen LogP contribution is 2.21. The predicted molar refractivity (Wildman–Crippen MR) is 87.6 cm³/mol. The molecule has 0 aromatic heterocycles. The number of nitrogens with zero attached hydrogens (tertiary/aromatic N) is 1. The molecule has 104 valence electrons. The van der Waals surface area contributed by atoms with Crippen LogP contribution in [-0.4, -0.2) is 19.3 Å². The van der Waals surface area contributed by atoms with Gasteiger partial charge in [0.1, 0.15) is 0 Å². The van der Waals surface area contributed by atoms with Crippen LogP contribution in [0.5, 0.6) is 0 Å². The van der Waals surface area contributed by atoms with Crippen molar-refractivity contribution in [3.8, 4) is 0 Å². The van der Waals surface area contributed by atoms with Crippen molar-refractivity contribution >= 4 is 5.71 Å². The van der Waals surface area contributed by atoms with Crippen molar-refractivity contribution in [2.45, 2.75) is 27.7 Å². The molecule has 0 aliphatic carbocycles. The molecule has 2 heteroatoms. The molecule has 2 nitrogen and oxygen atoms in total. The smallest absolute Gasteiger partial charge is 0.0447 e. The average Bonchev–Trinajstić information content (AvgIpc) is 2.37. The lowest BCUT2D eigenvalue weighted by molar-refractivity contribution is 0.873. The number of nitrogens with one attached hydrogen (secondary N) is 1. The minimum absolute atomic E-state index is 0.847. The van der Waals surface area contributed by atoms with Crippen LogP contribution in [0.4, 0.5) is 0 Å². The Morgan fingerprint density at radius 3 is 2.21 bits per heavy atom. The van der Waals surface area contributed by atoms with Crippen molar-refractivity contribution in [2.24, 2.45) is 4.99 Å². The zero-order chi connectivity index (χ0) is 14.8. The summed E-state index contributed by atoms with van der Waals surface area (Å²) in [6.07, 6.45) is 7.58. The molecule has 1 N–H and O–H groups in total. The maximum absolute atomic E-state index is 4.29. The first-order valence-corrected chi connectivity index (χ1v) is 6.49. The molecule has 0 unspecified atom stereocenters. The minimum Gasteiger partial charge on any atom is -0.316 e. The van der Waals surface area contributed by atoms with Gasteiger partial charge in [-0.2, -0.15) is 0 Å². The zero-order valence-electron chi connectivity index (χ0n) is 12.9. The van der Waals surface area contributed by atoms with Crippen molar-refractivity contribution in [1.29, 1.82) is 0 Å². The Labute approximate surface area is 118 Å². The van der Waals surface area contributed by atoms with E-state index in [2.05, 4.69) is 43.4 Å². The van der Waals surface area contributed by atoms with Gasteiger partial charge in [-0.05, 0) is 51.5 Å².